The normalized spacial score (nSPS) is 14.0. The van der Waals surface area contributed by atoms with E-state index in [0.29, 0.717) is 0 Å². The Morgan fingerprint density at radius 3 is 2.07 bits per heavy atom. The minimum absolute atomic E-state index is 0.126. The topological polar surface area (TPSA) is 71.4 Å². The first-order chi connectivity index (χ1) is 44.5. The van der Waals surface area contributed by atoms with E-state index in [1.807, 2.05) is 24.7 Å². The summed E-state index contributed by atoms with van der Waals surface area (Å²) in [6.07, 6.45) is 19.0. The van der Waals surface area contributed by atoms with E-state index in [1.165, 1.54) is 38.7 Å². The number of hydrogen-bond acceptors (Lipinski definition) is 7. The van der Waals surface area contributed by atoms with Gasteiger partial charge in [0.15, 0.2) is 5.58 Å². The molecule has 0 saturated heterocycles. The molecule has 4 aromatic heterocycles. The lowest BCUT2D eigenvalue weighted by Crippen LogP contribution is -2.22. The van der Waals surface area contributed by atoms with Crippen molar-refractivity contribution in [1.82, 2.24) is 19.9 Å². The van der Waals surface area contributed by atoms with Gasteiger partial charge in [-0.15, -0.1) is 0 Å². The second-order valence-electron chi connectivity index (χ2n) is 24.0. The lowest BCUT2D eigenvalue weighted by atomic mass is 9.76. The van der Waals surface area contributed by atoms with E-state index in [1.54, 1.807) is 6.33 Å². The largest absolute Gasteiger partial charge is 0.456 e. The van der Waals surface area contributed by atoms with Crippen LogP contribution in [0.5, 0.6) is 0 Å². The Morgan fingerprint density at radius 2 is 1.21 bits per heavy atom. The number of furan rings is 2. The van der Waals surface area contributed by atoms with Gasteiger partial charge in [0.2, 0.25) is 0 Å². The van der Waals surface area contributed by atoms with Crippen molar-refractivity contribution in [3.8, 4) is 78.0 Å². The van der Waals surface area contributed by atoms with Gasteiger partial charge in [-0.25, -0.2) is 9.97 Å². The van der Waals surface area contributed by atoms with Crippen LogP contribution in [0.1, 0.15) is 34.8 Å². The second-order valence-corrected chi connectivity index (χ2v) is 24.0. The highest BCUT2D eigenvalue weighted by Gasteiger charge is 2.38. The van der Waals surface area contributed by atoms with E-state index < -0.39 is 0 Å². The zero-order chi connectivity index (χ0) is 59.4. The highest BCUT2D eigenvalue weighted by atomic mass is 16.3. The standard InChI is InChI=1S/C83H55N5O2/c1-51-14-10-22-64(38-51)88(74-25-13-21-59-40-60(30-31-68(59)74)67-24-12-18-54-15-6-7-23-66(54)67)75-33-32-69-70-41-61(53-28-26-52(27-29-53)56-19-11-20-57(39-56)63-48-84-50-85-49-63)44-76-79(70)80-71(72-46-65(87-36-8-3-9-37-87)47-78-81(72)82(69)83(75)90-78)42-62(45-77(80)89-76)58-34-35-86-73(43-58)55-16-4-2-5-17-55/h2-36,38-45,47-50,72H,37,46H2,1H3. The minimum atomic E-state index is -0.126. The van der Waals surface area contributed by atoms with E-state index in [9.17, 15) is 0 Å². The molecule has 7 nitrogen and oxygen atoms in total. The second kappa shape index (κ2) is 20.8. The van der Waals surface area contributed by atoms with E-state index in [-0.39, 0.29) is 5.92 Å². The molecular formula is C83H55N5O2. The Morgan fingerprint density at radius 1 is 0.478 bits per heavy atom. The van der Waals surface area contributed by atoms with Gasteiger partial charge in [-0.2, -0.15) is 0 Å². The van der Waals surface area contributed by atoms with Crippen molar-refractivity contribution in [3.05, 3.63) is 308 Å². The molecule has 0 radical (unpaired) electrons. The van der Waals surface area contributed by atoms with Crippen LogP contribution in [0, 0.1) is 6.92 Å². The highest BCUT2D eigenvalue weighted by Crippen LogP contribution is 2.57. The number of aromatic nitrogens is 3. The molecule has 0 saturated carbocycles. The van der Waals surface area contributed by atoms with Crippen LogP contribution in [0.4, 0.5) is 17.1 Å². The quantitative estimate of drug-likeness (QED) is 0.135. The van der Waals surface area contributed by atoms with Crippen LogP contribution in [0.25, 0.3) is 139 Å². The number of fused-ring (bicyclic) bond motifs is 4. The Bertz CT molecular complexity index is 5520. The SMILES string of the molecule is Cc1cccc(N(c2cccc3cc(-c4cccc5ccccc45)ccc23)c2ccc3c4c5c(oc24)C=C(N2C=CC=CC2)CC5c2cc(-c4ccnc(-c5ccccc5)c4)cc4oc5cc(-c6ccc(-c7cccc(-c8cncnc8)c7)cc6)cc-3c5c24)c1. The molecule has 1 atom stereocenters. The van der Waals surface area contributed by atoms with Crippen LogP contribution < -0.4 is 4.90 Å². The Hall–Kier alpha value is -11.7. The summed E-state index contributed by atoms with van der Waals surface area (Å²) in [5.41, 5.74) is 25.4. The summed E-state index contributed by atoms with van der Waals surface area (Å²) in [5, 5.41) is 8.07. The third-order valence-electron chi connectivity index (χ3n) is 18.7. The maximum absolute atomic E-state index is 7.76. The van der Waals surface area contributed by atoms with Gasteiger partial charge < -0.3 is 18.6 Å². The molecule has 0 amide bonds. The van der Waals surface area contributed by atoms with Gasteiger partial charge in [0.05, 0.1) is 17.1 Å². The molecule has 11 aromatic carbocycles. The Kier molecular flexibility index (Phi) is 11.9. The van der Waals surface area contributed by atoms with Gasteiger partial charge >= 0.3 is 0 Å². The van der Waals surface area contributed by atoms with Gasteiger partial charge in [-0.1, -0.05) is 170 Å². The van der Waals surface area contributed by atoms with Crippen molar-refractivity contribution >= 4 is 77.6 Å². The van der Waals surface area contributed by atoms with Crippen molar-refractivity contribution in [1.29, 1.82) is 0 Å². The maximum Gasteiger partial charge on any atom is 0.159 e. The molecule has 90 heavy (non-hydrogen) atoms. The fraction of sp³-hybridized carbons (Fsp3) is 0.0482. The number of hydrogen-bond donors (Lipinski definition) is 0. The summed E-state index contributed by atoms with van der Waals surface area (Å²) in [4.78, 5) is 18.3. The molecule has 7 heteroatoms. The number of rotatable bonds is 10. The van der Waals surface area contributed by atoms with Gasteiger partial charge in [0.1, 0.15) is 23.3 Å². The summed E-state index contributed by atoms with van der Waals surface area (Å²) in [6.45, 7) is 2.94. The lowest BCUT2D eigenvalue weighted by Gasteiger charge is -2.32. The molecule has 2 aliphatic carbocycles. The monoisotopic (exact) mass is 1150 g/mol. The van der Waals surface area contributed by atoms with Crippen LogP contribution >= 0.6 is 0 Å². The zero-order valence-electron chi connectivity index (χ0n) is 49.2. The van der Waals surface area contributed by atoms with Crippen LogP contribution in [0.15, 0.2) is 294 Å². The molecule has 3 aliphatic rings. The van der Waals surface area contributed by atoms with Gasteiger partial charge in [0, 0.05) is 92.9 Å². The third-order valence-corrected chi connectivity index (χ3v) is 18.7. The molecule has 15 aromatic rings. The van der Waals surface area contributed by atoms with Crippen molar-refractivity contribution < 1.29 is 8.83 Å². The molecule has 5 heterocycles. The summed E-state index contributed by atoms with van der Waals surface area (Å²) in [6, 6.07) is 84.1. The van der Waals surface area contributed by atoms with E-state index in [2.05, 4.69) is 282 Å². The maximum atomic E-state index is 7.76. The number of aryl methyl sites for hydroxylation is 1. The summed E-state index contributed by atoms with van der Waals surface area (Å²) in [7, 11) is 0. The fourth-order valence-electron chi connectivity index (χ4n) is 14.5. The summed E-state index contributed by atoms with van der Waals surface area (Å²) >= 11 is 0. The molecular weight excluding hydrogens is 1100 g/mol. The van der Waals surface area contributed by atoms with Crippen molar-refractivity contribution in [2.75, 3.05) is 11.4 Å². The van der Waals surface area contributed by atoms with Crippen LogP contribution in [-0.4, -0.2) is 26.4 Å². The van der Waals surface area contributed by atoms with Crippen LogP contribution in [0.3, 0.4) is 0 Å². The first-order valence-electron chi connectivity index (χ1n) is 30.8. The van der Waals surface area contributed by atoms with E-state index >= 15 is 0 Å². The first kappa shape index (κ1) is 51.5. The van der Waals surface area contributed by atoms with Gasteiger partial charge in [0.25, 0.3) is 0 Å². The number of anilines is 3. The van der Waals surface area contributed by atoms with Gasteiger partial charge in [-0.3, -0.25) is 4.98 Å². The summed E-state index contributed by atoms with van der Waals surface area (Å²) in [5.74, 6) is 0.737. The number of pyridine rings is 1. The molecule has 424 valence electrons. The Labute approximate surface area is 520 Å². The van der Waals surface area contributed by atoms with Crippen LogP contribution in [-0.2, 0) is 0 Å². The smallest absolute Gasteiger partial charge is 0.159 e. The predicted octanol–water partition coefficient (Wildman–Crippen LogP) is 21.8. The molecule has 0 bridgehead atoms. The molecule has 0 fully saturated rings. The highest BCUT2D eigenvalue weighted by molar-refractivity contribution is 6.21. The average molecular weight is 1150 g/mol. The predicted molar refractivity (Wildman–Crippen MR) is 369 cm³/mol. The molecule has 1 aliphatic heterocycles. The molecule has 18 rings (SSSR count). The van der Waals surface area contributed by atoms with Crippen molar-refractivity contribution in [3.63, 3.8) is 0 Å². The molecule has 1 unspecified atom stereocenters. The number of nitrogens with zero attached hydrogens (tertiary/aromatic N) is 5. The lowest BCUT2D eigenvalue weighted by molar-refractivity contribution is 0.472. The Balaban J connectivity index is 0.882. The summed E-state index contributed by atoms with van der Waals surface area (Å²) < 4.78 is 15.1. The van der Waals surface area contributed by atoms with Crippen molar-refractivity contribution in [2.24, 2.45) is 0 Å². The van der Waals surface area contributed by atoms with E-state index in [0.717, 1.165) is 152 Å². The van der Waals surface area contributed by atoms with Crippen LogP contribution in [0.2, 0.25) is 0 Å². The average Bonchev–Trinajstić information content (AvgIpc) is 1.49. The molecule has 0 N–H and O–H groups in total. The zero-order valence-corrected chi connectivity index (χ0v) is 49.2. The third kappa shape index (κ3) is 8.53. The van der Waals surface area contributed by atoms with E-state index in [4.69, 9.17) is 13.8 Å². The molecule has 0 spiro atoms. The number of benzene rings is 11. The number of allylic oxidation sites excluding steroid dienone is 3. The first-order valence-corrected chi connectivity index (χ1v) is 30.8. The van der Waals surface area contributed by atoms with Gasteiger partial charge in [-0.05, 0) is 181 Å². The van der Waals surface area contributed by atoms with Crippen molar-refractivity contribution in [2.45, 2.75) is 19.3 Å². The minimum Gasteiger partial charge on any atom is -0.456 e. The fourth-order valence-corrected chi connectivity index (χ4v) is 14.5.